The zero-order chi connectivity index (χ0) is 11.7. The van der Waals surface area contributed by atoms with Gasteiger partial charge in [-0.15, -0.1) is 0 Å². The van der Waals surface area contributed by atoms with Gasteiger partial charge in [-0.3, -0.25) is 4.98 Å². The lowest BCUT2D eigenvalue weighted by atomic mass is 10.3. The first-order valence-electron chi connectivity index (χ1n) is 4.81. The fourth-order valence-electron chi connectivity index (χ4n) is 1.50. The lowest BCUT2D eigenvalue weighted by Gasteiger charge is -2.03. The predicted molar refractivity (Wildman–Crippen MR) is 57.8 cm³/mol. The lowest BCUT2D eigenvalue weighted by molar-refractivity contribution is 0.0690. The molecule has 2 aromatic rings. The Hall–Kier alpha value is -2.17. The molecule has 0 atom stereocenters. The van der Waals surface area contributed by atoms with E-state index in [0.717, 1.165) is 17.1 Å². The Kier molecular flexibility index (Phi) is 2.44. The number of carboxylic acid groups (broad SMARTS) is 1. The summed E-state index contributed by atoms with van der Waals surface area (Å²) in [6.45, 7) is 3.69. The monoisotopic (exact) mass is 217 g/mol. The molecule has 0 fully saturated rings. The zero-order valence-corrected chi connectivity index (χ0v) is 9.01. The number of aryl methyl sites for hydroxylation is 2. The van der Waals surface area contributed by atoms with Crippen LogP contribution in [0.15, 0.2) is 24.4 Å². The summed E-state index contributed by atoms with van der Waals surface area (Å²) in [5, 5.41) is 12.8. The van der Waals surface area contributed by atoms with Gasteiger partial charge in [0.2, 0.25) is 0 Å². The molecular formula is C11H11N3O2. The quantitative estimate of drug-likeness (QED) is 0.829. The molecule has 0 aliphatic heterocycles. The van der Waals surface area contributed by atoms with Crippen LogP contribution in [0.4, 0.5) is 0 Å². The minimum Gasteiger partial charge on any atom is -0.476 e. The van der Waals surface area contributed by atoms with Crippen LogP contribution in [0.3, 0.4) is 0 Å². The molecule has 2 aromatic heterocycles. The summed E-state index contributed by atoms with van der Waals surface area (Å²) < 4.78 is 1.60. The Labute approximate surface area is 92.4 Å². The van der Waals surface area contributed by atoms with E-state index in [-0.39, 0.29) is 5.69 Å². The summed E-state index contributed by atoms with van der Waals surface area (Å²) in [6, 6.07) is 5.18. The minimum absolute atomic E-state index is 0.0481. The van der Waals surface area contributed by atoms with Gasteiger partial charge in [-0.1, -0.05) is 0 Å². The fourth-order valence-corrected chi connectivity index (χ4v) is 1.50. The zero-order valence-electron chi connectivity index (χ0n) is 9.01. The molecule has 2 rings (SSSR count). The van der Waals surface area contributed by atoms with Crippen LogP contribution >= 0.6 is 0 Å². The Morgan fingerprint density at radius 2 is 2.12 bits per heavy atom. The molecule has 16 heavy (non-hydrogen) atoms. The average Bonchev–Trinajstić information content (AvgIpc) is 2.60. The number of pyridine rings is 1. The molecule has 0 spiro atoms. The van der Waals surface area contributed by atoms with Crippen molar-refractivity contribution in [2.75, 3.05) is 0 Å². The van der Waals surface area contributed by atoms with E-state index in [9.17, 15) is 4.79 Å². The highest BCUT2D eigenvalue weighted by molar-refractivity contribution is 5.85. The molecule has 2 heterocycles. The standard InChI is InChI=1S/C11H11N3O2/c1-7-5-9(3-4-12-7)14-8(2)6-10(13-14)11(15)16/h3-6H,1-2H3,(H,15,16). The van der Waals surface area contributed by atoms with Crippen molar-refractivity contribution in [1.29, 1.82) is 0 Å². The van der Waals surface area contributed by atoms with Crippen LogP contribution in [0.5, 0.6) is 0 Å². The van der Waals surface area contributed by atoms with E-state index in [1.807, 2.05) is 19.9 Å². The summed E-state index contributed by atoms with van der Waals surface area (Å²) in [7, 11) is 0. The number of aromatic nitrogens is 3. The van der Waals surface area contributed by atoms with Crippen LogP contribution < -0.4 is 0 Å². The molecule has 0 aliphatic carbocycles. The molecule has 1 N–H and O–H groups in total. The van der Waals surface area contributed by atoms with Gasteiger partial charge in [0, 0.05) is 17.6 Å². The highest BCUT2D eigenvalue weighted by Crippen LogP contribution is 2.12. The summed E-state index contributed by atoms with van der Waals surface area (Å²) in [5.41, 5.74) is 2.51. The van der Waals surface area contributed by atoms with Crippen molar-refractivity contribution in [3.05, 3.63) is 41.5 Å². The summed E-state index contributed by atoms with van der Waals surface area (Å²) >= 11 is 0. The second-order valence-corrected chi connectivity index (χ2v) is 3.54. The number of rotatable bonds is 2. The van der Waals surface area contributed by atoms with Crippen LogP contribution in [0.1, 0.15) is 21.9 Å². The number of carboxylic acids is 1. The highest BCUT2D eigenvalue weighted by Gasteiger charge is 2.11. The van der Waals surface area contributed by atoms with Crippen molar-refractivity contribution in [3.8, 4) is 5.69 Å². The summed E-state index contributed by atoms with van der Waals surface area (Å²) in [6.07, 6.45) is 1.67. The van der Waals surface area contributed by atoms with E-state index in [1.54, 1.807) is 16.9 Å². The van der Waals surface area contributed by atoms with E-state index in [4.69, 9.17) is 5.11 Å². The third-order valence-corrected chi connectivity index (χ3v) is 2.23. The van der Waals surface area contributed by atoms with Crippen molar-refractivity contribution in [1.82, 2.24) is 14.8 Å². The number of hydrogen-bond acceptors (Lipinski definition) is 3. The molecule has 0 aliphatic rings. The van der Waals surface area contributed by atoms with Gasteiger partial charge in [0.15, 0.2) is 5.69 Å². The second kappa shape index (κ2) is 3.77. The molecule has 0 radical (unpaired) electrons. The van der Waals surface area contributed by atoms with Crippen LogP contribution in [0, 0.1) is 13.8 Å². The maximum absolute atomic E-state index is 10.8. The summed E-state index contributed by atoms with van der Waals surface area (Å²) in [4.78, 5) is 14.9. The predicted octanol–water partition coefficient (Wildman–Crippen LogP) is 1.58. The normalized spacial score (nSPS) is 10.4. The van der Waals surface area contributed by atoms with Gasteiger partial charge in [0.05, 0.1) is 5.69 Å². The lowest BCUT2D eigenvalue weighted by Crippen LogP contribution is -2.02. The SMILES string of the molecule is Cc1cc(-n2nc(C(=O)O)cc2C)ccn1. The third-order valence-electron chi connectivity index (χ3n) is 2.23. The van der Waals surface area contributed by atoms with E-state index in [1.165, 1.54) is 6.07 Å². The van der Waals surface area contributed by atoms with Crippen LogP contribution in [-0.4, -0.2) is 25.8 Å². The first kappa shape index (κ1) is 10.4. The molecule has 0 amide bonds. The molecule has 5 nitrogen and oxygen atoms in total. The molecular weight excluding hydrogens is 206 g/mol. The number of nitrogens with zero attached hydrogens (tertiary/aromatic N) is 3. The van der Waals surface area contributed by atoms with Gasteiger partial charge in [0.1, 0.15) is 0 Å². The maximum atomic E-state index is 10.8. The minimum atomic E-state index is -1.02. The third kappa shape index (κ3) is 1.79. The number of carbonyl (C=O) groups is 1. The first-order valence-corrected chi connectivity index (χ1v) is 4.81. The highest BCUT2D eigenvalue weighted by atomic mass is 16.4. The Morgan fingerprint density at radius 3 is 2.69 bits per heavy atom. The van der Waals surface area contributed by atoms with Gasteiger partial charge in [-0.2, -0.15) is 5.10 Å². The van der Waals surface area contributed by atoms with E-state index < -0.39 is 5.97 Å². The average molecular weight is 217 g/mol. The van der Waals surface area contributed by atoms with Crippen LogP contribution in [0.2, 0.25) is 0 Å². The molecule has 5 heteroatoms. The molecule has 82 valence electrons. The van der Waals surface area contributed by atoms with E-state index in [0.29, 0.717) is 0 Å². The molecule has 0 saturated heterocycles. The largest absolute Gasteiger partial charge is 0.476 e. The van der Waals surface area contributed by atoms with Crippen molar-refractivity contribution in [3.63, 3.8) is 0 Å². The number of hydrogen-bond donors (Lipinski definition) is 1. The Morgan fingerprint density at radius 1 is 1.38 bits per heavy atom. The molecule has 0 bridgehead atoms. The van der Waals surface area contributed by atoms with Gasteiger partial charge >= 0.3 is 5.97 Å². The van der Waals surface area contributed by atoms with Crippen molar-refractivity contribution in [2.45, 2.75) is 13.8 Å². The second-order valence-electron chi connectivity index (χ2n) is 3.54. The molecule has 0 aromatic carbocycles. The van der Waals surface area contributed by atoms with Gasteiger partial charge < -0.3 is 5.11 Å². The topological polar surface area (TPSA) is 68.0 Å². The smallest absolute Gasteiger partial charge is 0.356 e. The fraction of sp³-hybridized carbons (Fsp3) is 0.182. The van der Waals surface area contributed by atoms with E-state index >= 15 is 0 Å². The van der Waals surface area contributed by atoms with Crippen LogP contribution in [-0.2, 0) is 0 Å². The summed E-state index contributed by atoms with van der Waals surface area (Å²) in [5.74, 6) is -1.02. The van der Waals surface area contributed by atoms with Gasteiger partial charge in [0.25, 0.3) is 0 Å². The first-order chi connectivity index (χ1) is 7.58. The van der Waals surface area contributed by atoms with Crippen molar-refractivity contribution >= 4 is 5.97 Å². The Bertz CT molecular complexity index is 546. The van der Waals surface area contributed by atoms with Crippen LogP contribution in [0.25, 0.3) is 5.69 Å². The maximum Gasteiger partial charge on any atom is 0.356 e. The van der Waals surface area contributed by atoms with Gasteiger partial charge in [-0.25, -0.2) is 9.48 Å². The Balaban J connectivity index is 2.52. The van der Waals surface area contributed by atoms with Gasteiger partial charge in [-0.05, 0) is 32.0 Å². The molecule has 0 unspecified atom stereocenters. The van der Waals surface area contributed by atoms with E-state index in [2.05, 4.69) is 10.1 Å². The van der Waals surface area contributed by atoms with Crippen molar-refractivity contribution < 1.29 is 9.90 Å². The molecule has 0 saturated carbocycles. The number of aromatic carboxylic acids is 1. The van der Waals surface area contributed by atoms with Crippen molar-refractivity contribution in [2.24, 2.45) is 0 Å².